The van der Waals surface area contributed by atoms with Gasteiger partial charge in [-0.05, 0) is 39.0 Å². The molecule has 1 heterocycles. The van der Waals surface area contributed by atoms with E-state index in [1.54, 1.807) is 0 Å². The van der Waals surface area contributed by atoms with Crippen LogP contribution in [0, 0.1) is 5.92 Å². The fraction of sp³-hybridized carbons (Fsp3) is 0.923. The van der Waals surface area contributed by atoms with Gasteiger partial charge in [-0.2, -0.15) is 0 Å². The largest absolute Gasteiger partial charge is 0.300 e. The third kappa shape index (κ3) is 2.25. The predicted molar refractivity (Wildman–Crippen MR) is 61.8 cm³/mol. The number of ketones is 1. The Bertz CT molecular complexity index is 249. The third-order valence-electron chi connectivity index (χ3n) is 4.09. The molecule has 1 saturated heterocycles. The number of likely N-dealkylation sites (tertiary alicyclic amines) is 1. The van der Waals surface area contributed by atoms with Crippen molar-refractivity contribution in [1.82, 2.24) is 4.90 Å². The highest BCUT2D eigenvalue weighted by molar-refractivity contribution is 5.79. The minimum Gasteiger partial charge on any atom is -0.300 e. The topological polar surface area (TPSA) is 20.3 Å². The van der Waals surface area contributed by atoms with E-state index >= 15 is 0 Å². The molecule has 86 valence electrons. The standard InChI is InChI=1S/C13H23NO/c1-10-8-13(2,3)14(9-10)11-4-6-12(15)7-5-11/h10-11H,4-9H2,1-3H3. The fourth-order valence-electron chi connectivity index (χ4n) is 3.50. The Morgan fingerprint density at radius 1 is 1.27 bits per heavy atom. The van der Waals surface area contributed by atoms with E-state index in [4.69, 9.17) is 0 Å². The summed E-state index contributed by atoms with van der Waals surface area (Å²) < 4.78 is 0. The molecule has 2 nitrogen and oxygen atoms in total. The minimum atomic E-state index is 0.352. The van der Waals surface area contributed by atoms with Crippen LogP contribution in [0.5, 0.6) is 0 Å². The fourth-order valence-corrected chi connectivity index (χ4v) is 3.50. The van der Waals surface area contributed by atoms with E-state index in [0.29, 0.717) is 17.4 Å². The lowest BCUT2D eigenvalue weighted by molar-refractivity contribution is -0.121. The van der Waals surface area contributed by atoms with Gasteiger partial charge in [0.25, 0.3) is 0 Å². The zero-order chi connectivity index (χ0) is 11.1. The van der Waals surface area contributed by atoms with Crippen molar-refractivity contribution in [2.24, 2.45) is 5.92 Å². The van der Waals surface area contributed by atoms with Gasteiger partial charge >= 0.3 is 0 Å². The lowest BCUT2D eigenvalue weighted by Gasteiger charge is -2.40. The molecule has 2 aliphatic rings. The Hall–Kier alpha value is -0.370. The van der Waals surface area contributed by atoms with Gasteiger partial charge in [-0.15, -0.1) is 0 Å². The lowest BCUT2D eigenvalue weighted by atomic mass is 9.90. The van der Waals surface area contributed by atoms with Gasteiger partial charge in [-0.3, -0.25) is 9.69 Å². The van der Waals surface area contributed by atoms with Crippen LogP contribution in [0.4, 0.5) is 0 Å². The molecule has 2 rings (SSSR count). The molecule has 0 radical (unpaired) electrons. The molecule has 0 N–H and O–H groups in total. The van der Waals surface area contributed by atoms with E-state index in [1.807, 2.05) is 0 Å². The van der Waals surface area contributed by atoms with Crippen molar-refractivity contribution >= 4 is 5.78 Å². The van der Waals surface area contributed by atoms with E-state index in [0.717, 1.165) is 31.6 Å². The maximum atomic E-state index is 11.2. The molecule has 0 bridgehead atoms. The number of rotatable bonds is 1. The van der Waals surface area contributed by atoms with Crippen LogP contribution in [0.3, 0.4) is 0 Å². The van der Waals surface area contributed by atoms with Gasteiger partial charge in [-0.25, -0.2) is 0 Å². The highest BCUT2D eigenvalue weighted by Gasteiger charge is 2.40. The van der Waals surface area contributed by atoms with Crippen molar-refractivity contribution in [1.29, 1.82) is 0 Å². The normalized spacial score (nSPS) is 33.5. The molecule has 0 amide bonds. The number of carbonyl (C=O) groups excluding carboxylic acids is 1. The average Bonchev–Trinajstić information content (AvgIpc) is 2.41. The van der Waals surface area contributed by atoms with Crippen LogP contribution in [0.25, 0.3) is 0 Å². The van der Waals surface area contributed by atoms with Crippen LogP contribution in [-0.4, -0.2) is 28.8 Å². The first kappa shape index (κ1) is 11.1. The molecule has 0 aromatic rings. The molecule has 2 heteroatoms. The first-order valence-electron chi connectivity index (χ1n) is 6.27. The van der Waals surface area contributed by atoms with E-state index in [-0.39, 0.29) is 0 Å². The van der Waals surface area contributed by atoms with Crippen LogP contribution in [0.1, 0.15) is 52.9 Å². The molecule has 1 unspecified atom stereocenters. The second-order valence-corrected chi connectivity index (χ2v) is 6.04. The predicted octanol–water partition coefficient (Wildman–Crippen LogP) is 2.62. The lowest BCUT2D eigenvalue weighted by Crippen LogP contribution is -2.46. The van der Waals surface area contributed by atoms with Crippen molar-refractivity contribution in [3.05, 3.63) is 0 Å². The quantitative estimate of drug-likeness (QED) is 0.661. The van der Waals surface area contributed by atoms with Gasteiger partial charge in [0.1, 0.15) is 5.78 Å². The number of carbonyl (C=O) groups is 1. The molecule has 1 aliphatic heterocycles. The van der Waals surface area contributed by atoms with E-state index < -0.39 is 0 Å². The maximum absolute atomic E-state index is 11.2. The van der Waals surface area contributed by atoms with Crippen LogP contribution in [-0.2, 0) is 4.79 Å². The van der Waals surface area contributed by atoms with Gasteiger partial charge in [0.15, 0.2) is 0 Å². The summed E-state index contributed by atoms with van der Waals surface area (Å²) in [6.07, 6.45) is 5.11. The summed E-state index contributed by atoms with van der Waals surface area (Å²) in [4.78, 5) is 13.9. The number of hydrogen-bond acceptors (Lipinski definition) is 2. The van der Waals surface area contributed by atoms with Crippen LogP contribution in [0.2, 0.25) is 0 Å². The Balaban J connectivity index is 2.01. The molecule has 1 aliphatic carbocycles. The second kappa shape index (κ2) is 3.89. The first-order chi connectivity index (χ1) is 6.99. The average molecular weight is 209 g/mol. The molecule has 1 atom stereocenters. The summed E-state index contributed by atoms with van der Waals surface area (Å²) in [5.74, 6) is 1.29. The van der Waals surface area contributed by atoms with Crippen molar-refractivity contribution in [3.8, 4) is 0 Å². The minimum absolute atomic E-state index is 0.352. The molecule has 0 aromatic heterocycles. The van der Waals surface area contributed by atoms with Crippen LogP contribution >= 0.6 is 0 Å². The first-order valence-corrected chi connectivity index (χ1v) is 6.27. The number of nitrogens with zero attached hydrogens (tertiary/aromatic N) is 1. The molecular formula is C13H23NO. The van der Waals surface area contributed by atoms with Crippen molar-refractivity contribution < 1.29 is 4.79 Å². The SMILES string of the molecule is CC1CN(C2CCC(=O)CC2)C(C)(C)C1. The Morgan fingerprint density at radius 3 is 2.33 bits per heavy atom. The van der Waals surface area contributed by atoms with Crippen LogP contribution < -0.4 is 0 Å². The maximum Gasteiger partial charge on any atom is 0.133 e. The Morgan fingerprint density at radius 2 is 1.87 bits per heavy atom. The highest BCUT2D eigenvalue weighted by Crippen LogP contribution is 2.37. The Labute approximate surface area is 93.0 Å². The molecule has 0 spiro atoms. The Kier molecular flexibility index (Phi) is 2.89. The molecule has 1 saturated carbocycles. The summed E-state index contributed by atoms with van der Waals surface area (Å²) >= 11 is 0. The van der Waals surface area contributed by atoms with Crippen molar-refractivity contribution in [3.63, 3.8) is 0 Å². The summed E-state index contributed by atoms with van der Waals surface area (Å²) in [7, 11) is 0. The second-order valence-electron chi connectivity index (χ2n) is 6.04. The number of hydrogen-bond donors (Lipinski definition) is 0. The van der Waals surface area contributed by atoms with Crippen LogP contribution in [0.15, 0.2) is 0 Å². The van der Waals surface area contributed by atoms with E-state index in [1.165, 1.54) is 13.0 Å². The van der Waals surface area contributed by atoms with Gasteiger partial charge in [-0.1, -0.05) is 6.92 Å². The van der Waals surface area contributed by atoms with Crippen molar-refractivity contribution in [2.75, 3.05) is 6.54 Å². The number of Topliss-reactive ketones (excluding diaryl/α,β-unsaturated/α-hetero) is 1. The summed E-state index contributed by atoms with van der Waals surface area (Å²) in [5.41, 5.74) is 0.352. The van der Waals surface area contributed by atoms with Crippen molar-refractivity contribution in [2.45, 2.75) is 64.5 Å². The zero-order valence-corrected chi connectivity index (χ0v) is 10.3. The summed E-state index contributed by atoms with van der Waals surface area (Å²) in [6.45, 7) is 8.28. The summed E-state index contributed by atoms with van der Waals surface area (Å²) in [6, 6.07) is 0.669. The smallest absolute Gasteiger partial charge is 0.133 e. The molecular weight excluding hydrogens is 186 g/mol. The highest BCUT2D eigenvalue weighted by atomic mass is 16.1. The van der Waals surface area contributed by atoms with Gasteiger partial charge in [0.05, 0.1) is 0 Å². The van der Waals surface area contributed by atoms with Gasteiger partial charge in [0, 0.05) is 31.0 Å². The zero-order valence-electron chi connectivity index (χ0n) is 10.3. The van der Waals surface area contributed by atoms with E-state index in [9.17, 15) is 4.79 Å². The van der Waals surface area contributed by atoms with Gasteiger partial charge < -0.3 is 0 Å². The monoisotopic (exact) mass is 209 g/mol. The third-order valence-corrected chi connectivity index (χ3v) is 4.09. The molecule has 0 aromatic carbocycles. The molecule has 2 fully saturated rings. The molecule has 15 heavy (non-hydrogen) atoms. The van der Waals surface area contributed by atoms with E-state index in [2.05, 4.69) is 25.7 Å². The van der Waals surface area contributed by atoms with Gasteiger partial charge in [0.2, 0.25) is 0 Å². The summed E-state index contributed by atoms with van der Waals surface area (Å²) in [5, 5.41) is 0.